The van der Waals surface area contributed by atoms with Crippen molar-refractivity contribution >= 4 is 11.8 Å². The van der Waals surface area contributed by atoms with Crippen LogP contribution in [0.3, 0.4) is 0 Å². The molecule has 1 aliphatic rings. The lowest BCUT2D eigenvalue weighted by Gasteiger charge is -2.35. The Bertz CT molecular complexity index is 807. The number of hydrogen-bond donors (Lipinski definition) is 0. The number of hydrogen-bond acceptors (Lipinski definition) is 4. The highest BCUT2D eigenvalue weighted by atomic mass is 16.5. The SMILES string of the molecule is C=CCOc1ccc(C(=O)N2CCN(C(=O)c3ccc(OCC=C)cc3)CC2)cc1. The van der Waals surface area contributed by atoms with Crippen molar-refractivity contribution in [3.63, 3.8) is 0 Å². The second-order valence-electron chi connectivity index (χ2n) is 6.83. The Labute approximate surface area is 177 Å². The van der Waals surface area contributed by atoms with E-state index in [2.05, 4.69) is 13.2 Å². The van der Waals surface area contributed by atoms with Gasteiger partial charge in [-0.1, -0.05) is 25.3 Å². The molecule has 6 nitrogen and oxygen atoms in total. The number of ether oxygens (including phenoxy) is 2. The van der Waals surface area contributed by atoms with Crippen molar-refractivity contribution in [2.45, 2.75) is 0 Å². The van der Waals surface area contributed by atoms with Crippen LogP contribution in [-0.2, 0) is 0 Å². The van der Waals surface area contributed by atoms with Gasteiger partial charge in [-0.15, -0.1) is 0 Å². The Morgan fingerprint density at radius 2 is 1.03 bits per heavy atom. The van der Waals surface area contributed by atoms with Gasteiger partial charge in [0.25, 0.3) is 11.8 Å². The zero-order chi connectivity index (χ0) is 21.3. The Balaban J connectivity index is 1.53. The van der Waals surface area contributed by atoms with Gasteiger partial charge < -0.3 is 19.3 Å². The van der Waals surface area contributed by atoms with Crippen LogP contribution in [0, 0.1) is 0 Å². The highest BCUT2D eigenvalue weighted by molar-refractivity contribution is 5.96. The molecule has 0 atom stereocenters. The number of nitrogens with zero attached hydrogens (tertiary/aromatic N) is 2. The highest BCUT2D eigenvalue weighted by Crippen LogP contribution is 2.17. The van der Waals surface area contributed by atoms with Crippen LogP contribution < -0.4 is 9.47 Å². The number of amides is 2. The third-order valence-electron chi connectivity index (χ3n) is 4.79. The molecule has 2 aromatic rings. The van der Waals surface area contributed by atoms with Gasteiger partial charge in [-0.2, -0.15) is 0 Å². The molecule has 156 valence electrons. The third-order valence-corrected chi connectivity index (χ3v) is 4.79. The molecule has 0 aliphatic carbocycles. The van der Waals surface area contributed by atoms with Gasteiger partial charge in [0.05, 0.1) is 0 Å². The van der Waals surface area contributed by atoms with Crippen molar-refractivity contribution in [1.29, 1.82) is 0 Å². The minimum atomic E-state index is -0.0407. The summed E-state index contributed by atoms with van der Waals surface area (Å²) in [7, 11) is 0. The van der Waals surface area contributed by atoms with Gasteiger partial charge in [0, 0.05) is 37.3 Å². The molecular weight excluding hydrogens is 380 g/mol. The molecule has 0 bridgehead atoms. The molecule has 3 rings (SSSR count). The minimum Gasteiger partial charge on any atom is -0.490 e. The molecule has 0 unspecified atom stereocenters. The fourth-order valence-corrected chi connectivity index (χ4v) is 3.18. The molecule has 0 N–H and O–H groups in total. The fraction of sp³-hybridized carbons (Fsp3) is 0.250. The van der Waals surface area contributed by atoms with E-state index in [-0.39, 0.29) is 11.8 Å². The summed E-state index contributed by atoms with van der Waals surface area (Å²) in [6, 6.07) is 14.1. The van der Waals surface area contributed by atoms with Crippen LogP contribution in [0.15, 0.2) is 73.8 Å². The second-order valence-corrected chi connectivity index (χ2v) is 6.83. The summed E-state index contributed by atoms with van der Waals surface area (Å²) in [6.07, 6.45) is 3.34. The second kappa shape index (κ2) is 10.3. The third kappa shape index (κ3) is 5.29. The van der Waals surface area contributed by atoms with E-state index >= 15 is 0 Å². The fourth-order valence-electron chi connectivity index (χ4n) is 3.18. The molecule has 1 fully saturated rings. The lowest BCUT2D eigenvalue weighted by molar-refractivity contribution is 0.0535. The van der Waals surface area contributed by atoms with E-state index in [1.807, 2.05) is 0 Å². The quantitative estimate of drug-likeness (QED) is 0.631. The van der Waals surface area contributed by atoms with Crippen molar-refractivity contribution in [2.24, 2.45) is 0 Å². The average Bonchev–Trinajstić information content (AvgIpc) is 2.81. The van der Waals surface area contributed by atoms with E-state index in [9.17, 15) is 9.59 Å². The van der Waals surface area contributed by atoms with Gasteiger partial charge in [-0.05, 0) is 48.5 Å². The van der Waals surface area contributed by atoms with Crippen molar-refractivity contribution in [3.05, 3.63) is 85.0 Å². The zero-order valence-corrected chi connectivity index (χ0v) is 17.0. The van der Waals surface area contributed by atoms with Gasteiger partial charge in [0.1, 0.15) is 24.7 Å². The standard InChI is InChI=1S/C24H26N2O4/c1-3-17-29-21-9-5-19(6-10-21)23(27)25-13-15-26(16-14-25)24(28)20-7-11-22(12-8-20)30-18-4-2/h3-12H,1-2,13-18H2. The van der Waals surface area contributed by atoms with Crippen LogP contribution in [0.4, 0.5) is 0 Å². The van der Waals surface area contributed by atoms with E-state index in [1.165, 1.54) is 0 Å². The lowest BCUT2D eigenvalue weighted by Crippen LogP contribution is -2.50. The van der Waals surface area contributed by atoms with Gasteiger partial charge in [-0.3, -0.25) is 9.59 Å². The molecule has 0 spiro atoms. The first-order valence-corrected chi connectivity index (χ1v) is 9.88. The monoisotopic (exact) mass is 406 g/mol. The van der Waals surface area contributed by atoms with Crippen LogP contribution in [0.1, 0.15) is 20.7 Å². The maximum Gasteiger partial charge on any atom is 0.253 e. The number of carbonyl (C=O) groups excluding carboxylic acids is 2. The summed E-state index contributed by atoms with van der Waals surface area (Å²) in [5, 5.41) is 0. The molecule has 1 heterocycles. The van der Waals surface area contributed by atoms with Gasteiger partial charge in [-0.25, -0.2) is 0 Å². The molecule has 2 aromatic carbocycles. The molecule has 0 saturated carbocycles. The molecule has 1 saturated heterocycles. The van der Waals surface area contributed by atoms with Crippen molar-refractivity contribution in [2.75, 3.05) is 39.4 Å². The molecular formula is C24H26N2O4. The van der Waals surface area contributed by atoms with Crippen molar-refractivity contribution in [1.82, 2.24) is 9.80 Å². The van der Waals surface area contributed by atoms with E-state index in [0.29, 0.717) is 62.0 Å². The van der Waals surface area contributed by atoms with Crippen molar-refractivity contribution < 1.29 is 19.1 Å². The van der Waals surface area contributed by atoms with Crippen LogP contribution in [0.25, 0.3) is 0 Å². The highest BCUT2D eigenvalue weighted by Gasteiger charge is 2.25. The summed E-state index contributed by atoms with van der Waals surface area (Å²) < 4.78 is 10.9. The van der Waals surface area contributed by atoms with Crippen LogP contribution in [-0.4, -0.2) is 61.0 Å². The van der Waals surface area contributed by atoms with Gasteiger partial charge >= 0.3 is 0 Å². The number of carbonyl (C=O) groups is 2. The summed E-state index contributed by atoms with van der Waals surface area (Å²) in [5.41, 5.74) is 1.21. The average molecular weight is 406 g/mol. The largest absolute Gasteiger partial charge is 0.490 e. The molecule has 2 amide bonds. The maximum absolute atomic E-state index is 12.7. The first kappa shape index (κ1) is 21.2. The van der Waals surface area contributed by atoms with E-state index < -0.39 is 0 Å². The molecule has 6 heteroatoms. The lowest BCUT2D eigenvalue weighted by atomic mass is 10.1. The molecule has 30 heavy (non-hydrogen) atoms. The predicted molar refractivity (Wildman–Crippen MR) is 116 cm³/mol. The van der Waals surface area contributed by atoms with Gasteiger partial charge in [0.2, 0.25) is 0 Å². The maximum atomic E-state index is 12.7. The van der Waals surface area contributed by atoms with Crippen LogP contribution in [0.5, 0.6) is 11.5 Å². The Morgan fingerprint density at radius 1 is 0.700 bits per heavy atom. The summed E-state index contributed by atoms with van der Waals surface area (Å²) in [6.45, 7) is 10.1. The molecule has 0 aromatic heterocycles. The van der Waals surface area contributed by atoms with Crippen LogP contribution >= 0.6 is 0 Å². The first-order valence-electron chi connectivity index (χ1n) is 9.88. The smallest absolute Gasteiger partial charge is 0.253 e. The molecule has 0 radical (unpaired) electrons. The normalized spacial score (nSPS) is 13.5. The Morgan fingerprint density at radius 3 is 1.33 bits per heavy atom. The first-order chi connectivity index (χ1) is 14.6. The summed E-state index contributed by atoms with van der Waals surface area (Å²) in [5.74, 6) is 1.31. The Kier molecular flexibility index (Phi) is 7.27. The van der Waals surface area contributed by atoms with Gasteiger partial charge in [0.15, 0.2) is 0 Å². The van der Waals surface area contributed by atoms with Crippen molar-refractivity contribution in [3.8, 4) is 11.5 Å². The zero-order valence-electron chi connectivity index (χ0n) is 17.0. The summed E-state index contributed by atoms with van der Waals surface area (Å²) >= 11 is 0. The number of piperazine rings is 1. The number of benzene rings is 2. The predicted octanol–water partition coefficient (Wildman–Crippen LogP) is 3.41. The summed E-state index contributed by atoms with van der Waals surface area (Å²) in [4.78, 5) is 29.0. The van der Waals surface area contributed by atoms with E-state index in [1.54, 1.807) is 70.5 Å². The minimum absolute atomic E-state index is 0.0407. The van der Waals surface area contributed by atoms with E-state index in [4.69, 9.17) is 9.47 Å². The van der Waals surface area contributed by atoms with E-state index in [0.717, 1.165) is 0 Å². The Hall–Kier alpha value is -3.54. The number of rotatable bonds is 8. The van der Waals surface area contributed by atoms with Crippen LogP contribution in [0.2, 0.25) is 0 Å². The molecule has 1 aliphatic heterocycles. The topological polar surface area (TPSA) is 59.1 Å².